The van der Waals surface area contributed by atoms with Crippen molar-refractivity contribution in [3.63, 3.8) is 0 Å². The molecule has 2 aromatic rings. The van der Waals surface area contributed by atoms with Crippen molar-refractivity contribution in [2.75, 3.05) is 11.4 Å². The monoisotopic (exact) mass is 333 g/mol. The summed E-state index contributed by atoms with van der Waals surface area (Å²) in [7, 11) is -3.70. The van der Waals surface area contributed by atoms with Gasteiger partial charge in [-0.25, -0.2) is 13.6 Å². The lowest BCUT2D eigenvalue weighted by Crippen LogP contribution is -2.19. The number of fused-ring (bicyclic) bond motifs is 1. The lowest BCUT2D eigenvalue weighted by atomic mass is 10.1. The van der Waals surface area contributed by atoms with E-state index >= 15 is 0 Å². The van der Waals surface area contributed by atoms with Crippen LogP contribution in [0.25, 0.3) is 0 Å². The Kier molecular flexibility index (Phi) is 3.78. The molecule has 23 heavy (non-hydrogen) atoms. The topological polar surface area (TPSA) is 107 Å². The lowest BCUT2D eigenvalue weighted by molar-refractivity contribution is -0.384. The van der Waals surface area contributed by atoms with Gasteiger partial charge in [-0.1, -0.05) is 12.1 Å². The molecule has 0 aliphatic carbocycles. The number of rotatable bonds is 4. The zero-order chi connectivity index (χ0) is 16.6. The predicted molar refractivity (Wildman–Crippen MR) is 85.7 cm³/mol. The molecule has 0 spiro atoms. The number of hydrogen-bond donors (Lipinski definition) is 1. The van der Waals surface area contributed by atoms with Crippen LogP contribution in [0.4, 0.5) is 11.4 Å². The number of primary sulfonamides is 1. The van der Waals surface area contributed by atoms with Crippen molar-refractivity contribution in [3.05, 3.63) is 63.7 Å². The molecular formula is C15H15N3O4S. The zero-order valence-corrected chi connectivity index (χ0v) is 13.0. The maximum atomic E-state index is 11.4. The Morgan fingerprint density at radius 1 is 1.17 bits per heavy atom. The Morgan fingerprint density at radius 3 is 2.48 bits per heavy atom. The number of nitro groups is 1. The first-order chi connectivity index (χ1) is 10.8. The number of nitrogens with zero attached hydrogens (tertiary/aromatic N) is 2. The summed E-state index contributed by atoms with van der Waals surface area (Å²) >= 11 is 0. The van der Waals surface area contributed by atoms with E-state index in [1.165, 1.54) is 18.2 Å². The highest BCUT2D eigenvalue weighted by Gasteiger charge is 2.21. The second-order valence-electron chi connectivity index (χ2n) is 5.43. The Labute approximate surface area is 133 Å². The van der Waals surface area contributed by atoms with Crippen LogP contribution >= 0.6 is 0 Å². The first-order valence-corrected chi connectivity index (χ1v) is 8.53. The summed E-state index contributed by atoms with van der Waals surface area (Å²) in [6, 6.07) is 11.3. The molecule has 3 rings (SSSR count). The number of sulfonamides is 1. The van der Waals surface area contributed by atoms with Gasteiger partial charge in [-0.15, -0.1) is 0 Å². The van der Waals surface area contributed by atoms with Gasteiger partial charge in [0.05, 0.1) is 9.82 Å². The fourth-order valence-electron chi connectivity index (χ4n) is 2.73. The number of non-ortho nitro benzene ring substituents is 1. The van der Waals surface area contributed by atoms with E-state index in [9.17, 15) is 18.5 Å². The number of nitro benzene ring substituents is 1. The molecule has 120 valence electrons. The summed E-state index contributed by atoms with van der Waals surface area (Å²) in [4.78, 5) is 12.5. The van der Waals surface area contributed by atoms with Crippen LogP contribution in [0.1, 0.15) is 11.1 Å². The van der Waals surface area contributed by atoms with E-state index < -0.39 is 14.9 Å². The molecule has 7 nitrogen and oxygen atoms in total. The van der Waals surface area contributed by atoms with Gasteiger partial charge < -0.3 is 4.90 Å². The molecule has 8 heteroatoms. The summed E-state index contributed by atoms with van der Waals surface area (Å²) < 4.78 is 22.8. The quantitative estimate of drug-likeness (QED) is 0.678. The normalized spacial score (nSPS) is 13.9. The van der Waals surface area contributed by atoms with E-state index in [1.807, 2.05) is 0 Å². The maximum Gasteiger partial charge on any atom is 0.269 e. The number of benzene rings is 2. The first-order valence-electron chi connectivity index (χ1n) is 6.98. The van der Waals surface area contributed by atoms with Crippen molar-refractivity contribution in [1.82, 2.24) is 0 Å². The minimum absolute atomic E-state index is 0.0633. The summed E-state index contributed by atoms with van der Waals surface area (Å²) in [5, 5.41) is 15.8. The molecular weight excluding hydrogens is 318 g/mol. The molecule has 1 heterocycles. The van der Waals surface area contributed by atoms with E-state index in [2.05, 4.69) is 4.90 Å². The average Bonchev–Trinajstić information content (AvgIpc) is 2.89. The largest absolute Gasteiger partial charge is 0.367 e. The van der Waals surface area contributed by atoms with Gasteiger partial charge in [-0.05, 0) is 35.7 Å². The molecule has 0 unspecified atom stereocenters. The molecule has 0 aromatic heterocycles. The van der Waals surface area contributed by atoms with E-state index in [0.29, 0.717) is 6.54 Å². The second-order valence-corrected chi connectivity index (χ2v) is 6.99. The van der Waals surface area contributed by atoms with Gasteiger partial charge >= 0.3 is 0 Å². The standard InChI is InChI=1S/C15H15N3O4S/c16-23(21,22)14-5-6-15-12(9-14)7-8-17(15)10-11-1-3-13(4-2-11)18(19)20/h1-6,9H,7-8,10H2,(H2,16,21,22). The Bertz CT molecular complexity index is 863. The van der Waals surface area contributed by atoms with E-state index in [0.717, 1.165) is 29.8 Å². The van der Waals surface area contributed by atoms with E-state index in [4.69, 9.17) is 5.14 Å². The van der Waals surface area contributed by atoms with Crippen molar-refractivity contribution in [2.24, 2.45) is 5.14 Å². The number of hydrogen-bond acceptors (Lipinski definition) is 5. The minimum atomic E-state index is -3.70. The summed E-state index contributed by atoms with van der Waals surface area (Å²) in [5.74, 6) is 0. The van der Waals surface area contributed by atoms with Crippen molar-refractivity contribution < 1.29 is 13.3 Å². The highest BCUT2D eigenvalue weighted by molar-refractivity contribution is 7.89. The third-order valence-electron chi connectivity index (χ3n) is 3.89. The lowest BCUT2D eigenvalue weighted by Gasteiger charge is -2.19. The van der Waals surface area contributed by atoms with Gasteiger partial charge in [0.15, 0.2) is 0 Å². The summed E-state index contributed by atoms with van der Waals surface area (Å²) in [6.07, 6.45) is 0.742. The molecule has 1 aliphatic rings. The van der Waals surface area contributed by atoms with Gasteiger partial charge in [0.2, 0.25) is 10.0 Å². The molecule has 0 radical (unpaired) electrons. The number of nitrogens with two attached hydrogens (primary N) is 1. The molecule has 1 aliphatic heterocycles. The minimum Gasteiger partial charge on any atom is -0.367 e. The van der Waals surface area contributed by atoms with Crippen LogP contribution in [0.15, 0.2) is 47.4 Å². The third kappa shape index (κ3) is 3.17. The van der Waals surface area contributed by atoms with Crippen LogP contribution in [0.3, 0.4) is 0 Å². The van der Waals surface area contributed by atoms with Crippen molar-refractivity contribution in [1.29, 1.82) is 0 Å². The fraction of sp³-hybridized carbons (Fsp3) is 0.200. The average molecular weight is 333 g/mol. The van der Waals surface area contributed by atoms with Crippen LogP contribution in [-0.2, 0) is 23.0 Å². The van der Waals surface area contributed by atoms with Crippen LogP contribution < -0.4 is 10.0 Å². The van der Waals surface area contributed by atoms with Gasteiger partial charge in [0, 0.05) is 30.9 Å². The highest BCUT2D eigenvalue weighted by atomic mass is 32.2. The van der Waals surface area contributed by atoms with E-state index in [1.54, 1.807) is 24.3 Å². The molecule has 0 atom stereocenters. The highest BCUT2D eigenvalue weighted by Crippen LogP contribution is 2.31. The Balaban J connectivity index is 1.81. The fourth-order valence-corrected chi connectivity index (χ4v) is 3.30. The van der Waals surface area contributed by atoms with Crippen LogP contribution in [0.2, 0.25) is 0 Å². The zero-order valence-electron chi connectivity index (χ0n) is 12.2. The van der Waals surface area contributed by atoms with Crippen molar-refractivity contribution in [2.45, 2.75) is 17.9 Å². The molecule has 0 saturated carbocycles. The van der Waals surface area contributed by atoms with E-state index in [-0.39, 0.29) is 10.6 Å². The van der Waals surface area contributed by atoms with Gasteiger partial charge in [-0.2, -0.15) is 0 Å². The Morgan fingerprint density at radius 2 is 1.87 bits per heavy atom. The van der Waals surface area contributed by atoms with Crippen LogP contribution in [0, 0.1) is 10.1 Å². The molecule has 2 N–H and O–H groups in total. The third-order valence-corrected chi connectivity index (χ3v) is 4.80. The maximum absolute atomic E-state index is 11.4. The molecule has 0 fully saturated rings. The molecule has 2 aromatic carbocycles. The Hall–Kier alpha value is -2.45. The van der Waals surface area contributed by atoms with Crippen molar-refractivity contribution >= 4 is 21.4 Å². The van der Waals surface area contributed by atoms with Crippen LogP contribution in [0.5, 0.6) is 0 Å². The molecule has 0 saturated heterocycles. The number of anilines is 1. The van der Waals surface area contributed by atoms with Gasteiger partial charge in [-0.3, -0.25) is 10.1 Å². The smallest absolute Gasteiger partial charge is 0.269 e. The van der Waals surface area contributed by atoms with Crippen LogP contribution in [-0.4, -0.2) is 19.9 Å². The predicted octanol–water partition coefficient (Wildman–Crippen LogP) is 1.80. The molecule has 0 amide bonds. The van der Waals surface area contributed by atoms with Crippen molar-refractivity contribution in [3.8, 4) is 0 Å². The molecule has 0 bridgehead atoms. The second kappa shape index (κ2) is 5.64. The summed E-state index contributed by atoms with van der Waals surface area (Å²) in [6.45, 7) is 1.38. The van der Waals surface area contributed by atoms with Gasteiger partial charge in [0.25, 0.3) is 5.69 Å². The summed E-state index contributed by atoms with van der Waals surface area (Å²) in [5.41, 5.74) is 2.93. The van der Waals surface area contributed by atoms with Gasteiger partial charge in [0.1, 0.15) is 0 Å². The SMILES string of the molecule is NS(=O)(=O)c1ccc2c(c1)CCN2Cc1ccc([N+](=O)[O-])cc1. The first kappa shape index (κ1) is 15.4.